The molecular weight excluding hydrogens is 242 g/mol. The van der Waals surface area contributed by atoms with Crippen molar-refractivity contribution in [2.24, 2.45) is 0 Å². The summed E-state index contributed by atoms with van der Waals surface area (Å²) in [5, 5.41) is 2.79. The molecular formula is C14H19N3O2. The van der Waals surface area contributed by atoms with E-state index >= 15 is 0 Å². The molecule has 3 N–H and O–H groups in total. The zero-order chi connectivity index (χ0) is 14.0. The fraction of sp³-hybridized carbons (Fsp3) is 0.429. The maximum absolute atomic E-state index is 12.6. The number of piperazine rings is 1. The van der Waals surface area contributed by atoms with E-state index in [-0.39, 0.29) is 17.9 Å². The van der Waals surface area contributed by atoms with Crippen molar-refractivity contribution in [3.8, 4) is 0 Å². The third-order valence-electron chi connectivity index (χ3n) is 3.47. The number of hydrogen-bond donors (Lipinski definition) is 2. The molecule has 1 atom stereocenters. The van der Waals surface area contributed by atoms with E-state index in [1.807, 2.05) is 19.9 Å². The Morgan fingerprint density at radius 1 is 1.53 bits per heavy atom. The second kappa shape index (κ2) is 5.30. The Kier molecular flexibility index (Phi) is 3.74. The Morgan fingerprint density at radius 3 is 2.95 bits per heavy atom. The average Bonchev–Trinajstić information content (AvgIpc) is 2.40. The Labute approximate surface area is 112 Å². The molecule has 102 valence electrons. The van der Waals surface area contributed by atoms with Crippen LogP contribution in [-0.2, 0) is 4.79 Å². The van der Waals surface area contributed by atoms with Crippen LogP contribution >= 0.6 is 0 Å². The van der Waals surface area contributed by atoms with Crippen molar-refractivity contribution < 1.29 is 9.59 Å². The number of benzene rings is 1. The van der Waals surface area contributed by atoms with Crippen LogP contribution < -0.4 is 11.1 Å². The van der Waals surface area contributed by atoms with Crippen LogP contribution in [0, 0.1) is 6.92 Å². The van der Waals surface area contributed by atoms with Crippen LogP contribution in [0.1, 0.15) is 29.3 Å². The minimum Gasteiger partial charge on any atom is -0.399 e. The number of amides is 2. The van der Waals surface area contributed by atoms with Crippen molar-refractivity contribution in [1.82, 2.24) is 10.2 Å². The van der Waals surface area contributed by atoms with Crippen LogP contribution in [0.2, 0.25) is 0 Å². The number of nitrogen functional groups attached to an aromatic ring is 1. The molecule has 1 heterocycles. The van der Waals surface area contributed by atoms with Crippen LogP contribution in [0.3, 0.4) is 0 Å². The molecule has 1 saturated heterocycles. The molecule has 2 rings (SSSR count). The highest BCUT2D eigenvalue weighted by Gasteiger charge is 2.32. The van der Waals surface area contributed by atoms with Gasteiger partial charge in [-0.1, -0.05) is 13.0 Å². The fourth-order valence-corrected chi connectivity index (χ4v) is 2.39. The van der Waals surface area contributed by atoms with E-state index in [9.17, 15) is 9.59 Å². The first-order valence-electron chi connectivity index (χ1n) is 6.49. The van der Waals surface area contributed by atoms with Gasteiger partial charge < -0.3 is 16.0 Å². The molecule has 0 bridgehead atoms. The van der Waals surface area contributed by atoms with Crippen LogP contribution in [0.4, 0.5) is 5.69 Å². The molecule has 1 aromatic rings. The van der Waals surface area contributed by atoms with Crippen molar-refractivity contribution in [3.05, 3.63) is 29.3 Å². The number of nitrogens with two attached hydrogens (primary N) is 1. The molecule has 0 spiro atoms. The second-order valence-corrected chi connectivity index (χ2v) is 4.79. The maximum atomic E-state index is 12.6. The molecule has 2 amide bonds. The third-order valence-corrected chi connectivity index (χ3v) is 3.47. The molecule has 19 heavy (non-hydrogen) atoms. The largest absolute Gasteiger partial charge is 0.399 e. The topological polar surface area (TPSA) is 75.4 Å². The lowest BCUT2D eigenvalue weighted by Crippen LogP contribution is -2.57. The Morgan fingerprint density at radius 2 is 2.26 bits per heavy atom. The monoisotopic (exact) mass is 261 g/mol. The van der Waals surface area contributed by atoms with E-state index in [0.717, 1.165) is 5.56 Å². The van der Waals surface area contributed by atoms with Gasteiger partial charge in [-0.05, 0) is 31.0 Å². The van der Waals surface area contributed by atoms with Gasteiger partial charge in [-0.15, -0.1) is 0 Å². The molecule has 1 aromatic carbocycles. The number of nitrogens with one attached hydrogen (secondary N) is 1. The van der Waals surface area contributed by atoms with E-state index in [0.29, 0.717) is 30.8 Å². The maximum Gasteiger partial charge on any atom is 0.254 e. The number of nitrogens with zero attached hydrogens (tertiary/aromatic N) is 1. The standard InChI is InChI=1S/C14H19N3O2/c1-3-12-13(18)16-6-7-17(12)14(19)11-8-10(15)5-4-9(11)2/h4-5,8,12H,3,6-7,15H2,1-2H3,(H,16,18). The molecule has 0 saturated carbocycles. The summed E-state index contributed by atoms with van der Waals surface area (Å²) in [5.74, 6) is -0.199. The number of hydrogen-bond acceptors (Lipinski definition) is 3. The Balaban J connectivity index is 2.32. The quantitative estimate of drug-likeness (QED) is 0.778. The lowest BCUT2D eigenvalue weighted by atomic mass is 10.0. The zero-order valence-electron chi connectivity index (χ0n) is 11.3. The lowest BCUT2D eigenvalue weighted by molar-refractivity contribution is -0.127. The highest BCUT2D eigenvalue weighted by atomic mass is 16.2. The van der Waals surface area contributed by atoms with Gasteiger partial charge in [0.1, 0.15) is 6.04 Å². The Hall–Kier alpha value is -2.04. The van der Waals surface area contributed by atoms with Crippen molar-refractivity contribution in [1.29, 1.82) is 0 Å². The minimum absolute atomic E-state index is 0.0799. The van der Waals surface area contributed by atoms with Gasteiger partial charge >= 0.3 is 0 Å². The molecule has 1 aliphatic rings. The van der Waals surface area contributed by atoms with Crippen LogP contribution in [0.5, 0.6) is 0 Å². The van der Waals surface area contributed by atoms with Gasteiger partial charge in [-0.2, -0.15) is 0 Å². The van der Waals surface area contributed by atoms with Crippen LogP contribution in [-0.4, -0.2) is 35.8 Å². The molecule has 0 radical (unpaired) electrons. The van der Waals surface area contributed by atoms with Crippen molar-refractivity contribution in [2.45, 2.75) is 26.3 Å². The van der Waals surface area contributed by atoms with Crippen molar-refractivity contribution in [3.63, 3.8) is 0 Å². The predicted molar refractivity (Wildman–Crippen MR) is 73.7 cm³/mol. The first-order valence-corrected chi connectivity index (χ1v) is 6.49. The van der Waals surface area contributed by atoms with Gasteiger partial charge in [0.15, 0.2) is 0 Å². The number of aryl methyl sites for hydroxylation is 1. The van der Waals surface area contributed by atoms with Gasteiger partial charge in [-0.3, -0.25) is 9.59 Å². The molecule has 1 fully saturated rings. The van der Waals surface area contributed by atoms with Gasteiger partial charge in [0.25, 0.3) is 5.91 Å². The van der Waals surface area contributed by atoms with E-state index in [2.05, 4.69) is 5.32 Å². The minimum atomic E-state index is -0.387. The summed E-state index contributed by atoms with van der Waals surface area (Å²) in [4.78, 5) is 26.0. The van der Waals surface area contributed by atoms with E-state index in [4.69, 9.17) is 5.73 Å². The van der Waals surface area contributed by atoms with E-state index in [1.165, 1.54) is 0 Å². The van der Waals surface area contributed by atoms with Gasteiger partial charge in [0.2, 0.25) is 5.91 Å². The number of anilines is 1. The zero-order valence-corrected chi connectivity index (χ0v) is 11.3. The smallest absolute Gasteiger partial charge is 0.254 e. The number of carbonyl (C=O) groups is 2. The van der Waals surface area contributed by atoms with Crippen LogP contribution in [0.25, 0.3) is 0 Å². The van der Waals surface area contributed by atoms with Crippen molar-refractivity contribution in [2.75, 3.05) is 18.8 Å². The Bertz CT molecular complexity index is 513. The average molecular weight is 261 g/mol. The number of rotatable bonds is 2. The molecule has 0 aliphatic carbocycles. The highest BCUT2D eigenvalue weighted by Crippen LogP contribution is 2.18. The predicted octanol–water partition coefficient (Wildman–Crippen LogP) is 0.928. The van der Waals surface area contributed by atoms with E-state index < -0.39 is 0 Å². The van der Waals surface area contributed by atoms with Gasteiger partial charge in [0, 0.05) is 24.3 Å². The normalized spacial score (nSPS) is 19.2. The molecule has 0 aromatic heterocycles. The summed E-state index contributed by atoms with van der Waals surface area (Å²) in [6.07, 6.45) is 0.610. The highest BCUT2D eigenvalue weighted by molar-refractivity contribution is 5.99. The molecule has 5 heteroatoms. The molecule has 1 unspecified atom stereocenters. The fourth-order valence-electron chi connectivity index (χ4n) is 2.39. The van der Waals surface area contributed by atoms with Gasteiger partial charge in [0.05, 0.1) is 0 Å². The van der Waals surface area contributed by atoms with Crippen LogP contribution in [0.15, 0.2) is 18.2 Å². The van der Waals surface area contributed by atoms with E-state index in [1.54, 1.807) is 17.0 Å². The first kappa shape index (κ1) is 13.4. The molecule has 1 aliphatic heterocycles. The summed E-state index contributed by atoms with van der Waals surface area (Å²) < 4.78 is 0. The first-order chi connectivity index (χ1) is 9.04. The third kappa shape index (κ3) is 2.54. The summed E-state index contributed by atoms with van der Waals surface area (Å²) in [7, 11) is 0. The van der Waals surface area contributed by atoms with Gasteiger partial charge in [-0.25, -0.2) is 0 Å². The van der Waals surface area contributed by atoms with Crippen molar-refractivity contribution >= 4 is 17.5 Å². The summed E-state index contributed by atoms with van der Waals surface area (Å²) >= 11 is 0. The summed E-state index contributed by atoms with van der Waals surface area (Å²) in [6, 6.07) is 4.89. The SMILES string of the molecule is CCC1C(=O)NCCN1C(=O)c1cc(N)ccc1C. The lowest BCUT2D eigenvalue weighted by Gasteiger charge is -2.34. The number of carbonyl (C=O) groups excluding carboxylic acids is 2. The second-order valence-electron chi connectivity index (χ2n) is 4.79. The summed E-state index contributed by atoms with van der Waals surface area (Å²) in [6.45, 7) is 4.82. The molecule has 5 nitrogen and oxygen atoms in total. The summed E-state index contributed by atoms with van der Waals surface area (Å²) in [5.41, 5.74) is 7.75.